The Labute approximate surface area is 235 Å². The summed E-state index contributed by atoms with van der Waals surface area (Å²) >= 11 is 5.29. The number of hydrogen-bond donors (Lipinski definition) is 4. The first kappa shape index (κ1) is 26.1. The summed E-state index contributed by atoms with van der Waals surface area (Å²) in [4.78, 5) is 54.2. The number of oxazole rings is 1. The molecule has 0 fully saturated rings. The molecule has 6 rings (SSSR count). The second-order valence-corrected chi connectivity index (χ2v) is 10.2. The molecular formula is C27H23N7O6S. The Hall–Kier alpha value is -5.11. The molecule has 0 aliphatic heterocycles. The van der Waals surface area contributed by atoms with Crippen molar-refractivity contribution in [1.82, 2.24) is 34.8 Å². The molecule has 4 N–H and O–H groups in total. The summed E-state index contributed by atoms with van der Waals surface area (Å²) in [7, 11) is 1.59. The third-order valence-electron chi connectivity index (χ3n) is 7.39. The summed E-state index contributed by atoms with van der Waals surface area (Å²) < 4.78 is 8.00. The lowest BCUT2D eigenvalue weighted by Gasteiger charge is -2.16. The van der Waals surface area contributed by atoms with Crippen LogP contribution in [0.4, 0.5) is 0 Å². The lowest BCUT2D eigenvalue weighted by atomic mass is 9.98. The second-order valence-electron chi connectivity index (χ2n) is 9.78. The smallest absolute Gasteiger partial charge is 0.419 e. The minimum atomic E-state index is -0.994. The van der Waals surface area contributed by atoms with E-state index in [-0.39, 0.29) is 40.1 Å². The maximum absolute atomic E-state index is 13.3. The maximum atomic E-state index is 13.3. The first-order valence-electron chi connectivity index (χ1n) is 12.6. The number of hydrogen-bond acceptors (Lipinski definition) is 8. The molecule has 0 saturated carbocycles. The molecule has 0 saturated heterocycles. The third-order valence-corrected chi connectivity index (χ3v) is 7.67. The largest absolute Gasteiger partial charge is 0.478 e. The zero-order valence-corrected chi connectivity index (χ0v) is 22.7. The molecule has 3 heterocycles. The fourth-order valence-corrected chi connectivity index (χ4v) is 5.47. The van der Waals surface area contributed by atoms with Crippen LogP contribution in [0.1, 0.15) is 66.1 Å². The first-order valence-corrected chi connectivity index (χ1v) is 13.0. The molecule has 0 radical (unpaired) electrons. The van der Waals surface area contributed by atoms with Gasteiger partial charge in [-0.3, -0.25) is 14.2 Å². The van der Waals surface area contributed by atoms with Crippen molar-refractivity contribution in [2.75, 3.05) is 0 Å². The van der Waals surface area contributed by atoms with Crippen molar-refractivity contribution >= 4 is 46.9 Å². The van der Waals surface area contributed by atoms with E-state index in [1.807, 2.05) is 0 Å². The molecule has 2 aromatic carbocycles. The lowest BCUT2D eigenvalue weighted by molar-refractivity contribution is 0.0695. The summed E-state index contributed by atoms with van der Waals surface area (Å²) in [5, 5.41) is 21.8. The van der Waals surface area contributed by atoms with E-state index in [0.29, 0.717) is 29.5 Å². The van der Waals surface area contributed by atoms with Crippen LogP contribution < -0.4 is 16.4 Å². The van der Waals surface area contributed by atoms with Crippen molar-refractivity contribution in [3.8, 4) is 0 Å². The summed E-state index contributed by atoms with van der Waals surface area (Å²) in [5.41, 5.74) is 4.47. The van der Waals surface area contributed by atoms with E-state index in [1.54, 1.807) is 44.3 Å². The molecule has 1 atom stereocenters. The van der Waals surface area contributed by atoms with Gasteiger partial charge in [-0.05, 0) is 78.5 Å². The molecule has 1 aliphatic rings. The molecular weight excluding hydrogens is 550 g/mol. The highest BCUT2D eigenvalue weighted by Gasteiger charge is 2.28. The van der Waals surface area contributed by atoms with Crippen LogP contribution in [0.15, 0.2) is 45.6 Å². The molecule has 13 nitrogen and oxygen atoms in total. The minimum absolute atomic E-state index is 0.0289. The van der Waals surface area contributed by atoms with Crippen LogP contribution in [-0.2, 0) is 20.0 Å². The number of carbonyl (C=O) groups excluding carboxylic acids is 2. The van der Waals surface area contributed by atoms with Crippen molar-refractivity contribution in [1.29, 1.82) is 0 Å². The summed E-state index contributed by atoms with van der Waals surface area (Å²) in [6.45, 7) is 1.89. The summed E-state index contributed by atoms with van der Waals surface area (Å²) in [6.07, 6.45) is 1.22. The van der Waals surface area contributed by atoms with Crippen LogP contribution >= 0.6 is 12.2 Å². The van der Waals surface area contributed by atoms with Crippen LogP contribution in [0.2, 0.25) is 0 Å². The number of aryl methyl sites for hydroxylation is 1. The van der Waals surface area contributed by atoms with E-state index in [1.165, 1.54) is 15.0 Å². The van der Waals surface area contributed by atoms with Gasteiger partial charge in [-0.1, -0.05) is 12.1 Å². The van der Waals surface area contributed by atoms with E-state index in [4.69, 9.17) is 16.6 Å². The highest BCUT2D eigenvalue weighted by atomic mass is 32.1. The van der Waals surface area contributed by atoms with Crippen molar-refractivity contribution in [3.05, 3.63) is 90.9 Å². The standard InChI is InChI=1S/C27H23N7O6S/c1-12-14-6-7-17(16(14)5-4-15(12)24(37)38)29-22(35)18-10-20(34-25(30-18)31-32-26(34)41)23(36)28-11-13-3-8-21-19(9-13)33(2)27(39)40-21/h3-5,8-10,17H,6-7,11H2,1-2H3,(H,28,36)(H,29,35)(H,32,41)(H,37,38)/t17-/m0/s1. The fourth-order valence-electron chi connectivity index (χ4n) is 5.25. The molecule has 0 unspecified atom stereocenters. The number of fused-ring (bicyclic) bond motifs is 3. The van der Waals surface area contributed by atoms with Gasteiger partial charge in [-0.2, -0.15) is 0 Å². The van der Waals surface area contributed by atoms with E-state index in [2.05, 4.69) is 25.8 Å². The van der Waals surface area contributed by atoms with Crippen molar-refractivity contribution in [2.24, 2.45) is 7.05 Å². The lowest BCUT2D eigenvalue weighted by Crippen LogP contribution is -2.30. The Kier molecular flexibility index (Phi) is 6.26. The number of nitrogens with zero attached hydrogens (tertiary/aromatic N) is 4. The molecule has 208 valence electrons. The number of aromatic nitrogens is 5. The van der Waals surface area contributed by atoms with Gasteiger partial charge in [-0.15, -0.1) is 5.10 Å². The van der Waals surface area contributed by atoms with Gasteiger partial charge >= 0.3 is 11.7 Å². The number of nitrogens with one attached hydrogen (secondary N) is 3. The van der Waals surface area contributed by atoms with Gasteiger partial charge < -0.3 is 20.2 Å². The molecule has 2 amide bonds. The van der Waals surface area contributed by atoms with E-state index in [9.17, 15) is 24.3 Å². The van der Waals surface area contributed by atoms with Crippen LogP contribution in [0.3, 0.4) is 0 Å². The number of aromatic carboxylic acids is 1. The predicted octanol–water partition coefficient (Wildman–Crippen LogP) is 2.59. The summed E-state index contributed by atoms with van der Waals surface area (Å²) in [6, 6.07) is 9.41. The molecule has 1 aliphatic carbocycles. The molecule has 14 heteroatoms. The van der Waals surface area contributed by atoms with E-state index < -0.39 is 23.5 Å². The average molecular weight is 574 g/mol. The first-order chi connectivity index (χ1) is 19.6. The molecule has 41 heavy (non-hydrogen) atoms. The van der Waals surface area contributed by atoms with Gasteiger partial charge in [0, 0.05) is 13.6 Å². The van der Waals surface area contributed by atoms with Crippen LogP contribution in [0, 0.1) is 11.7 Å². The molecule has 0 bridgehead atoms. The van der Waals surface area contributed by atoms with Crippen LogP contribution in [0.25, 0.3) is 16.9 Å². The van der Waals surface area contributed by atoms with Gasteiger partial charge in [0.15, 0.2) is 5.58 Å². The van der Waals surface area contributed by atoms with Gasteiger partial charge in [0.2, 0.25) is 4.77 Å². The Morgan fingerprint density at radius 3 is 2.78 bits per heavy atom. The van der Waals surface area contributed by atoms with Gasteiger partial charge in [0.25, 0.3) is 17.6 Å². The SMILES string of the molecule is Cc1c(C(=O)O)ccc2c1CC[C@@H]2NC(=O)c1cc(C(=O)NCc2ccc3oc(=O)n(C)c3c2)n2c(=S)[nH]nc2n1. The molecule has 5 aromatic rings. The Bertz CT molecular complexity index is 2040. The van der Waals surface area contributed by atoms with Crippen molar-refractivity contribution in [2.45, 2.75) is 32.4 Å². The van der Waals surface area contributed by atoms with Gasteiger partial charge in [0.1, 0.15) is 11.4 Å². The van der Waals surface area contributed by atoms with E-state index >= 15 is 0 Å². The second kappa shape index (κ2) is 9.82. The third kappa shape index (κ3) is 4.47. The topological polar surface area (TPSA) is 177 Å². The number of carbonyl (C=O) groups is 3. The number of aromatic amines is 1. The number of carboxylic acid groups (broad SMARTS) is 1. The highest BCUT2D eigenvalue weighted by molar-refractivity contribution is 7.71. The van der Waals surface area contributed by atoms with Crippen molar-refractivity contribution in [3.63, 3.8) is 0 Å². The van der Waals surface area contributed by atoms with Crippen molar-refractivity contribution < 1.29 is 23.9 Å². The maximum Gasteiger partial charge on any atom is 0.419 e. The molecule has 0 spiro atoms. The van der Waals surface area contributed by atoms with Crippen LogP contribution in [0.5, 0.6) is 0 Å². The normalized spacial score (nSPS) is 14.3. The quantitative estimate of drug-likeness (QED) is 0.222. The van der Waals surface area contributed by atoms with Crippen LogP contribution in [-0.4, -0.2) is 47.0 Å². The zero-order chi connectivity index (χ0) is 29.0. The number of carboxylic acids is 1. The number of H-pyrrole nitrogens is 1. The number of benzene rings is 2. The average Bonchev–Trinajstić information content (AvgIpc) is 3.62. The van der Waals surface area contributed by atoms with Gasteiger partial charge in [-0.25, -0.2) is 24.1 Å². The highest BCUT2D eigenvalue weighted by Crippen LogP contribution is 2.35. The fraction of sp³-hybridized carbons (Fsp3) is 0.222. The number of amides is 2. The van der Waals surface area contributed by atoms with E-state index in [0.717, 1.165) is 16.7 Å². The predicted molar refractivity (Wildman–Crippen MR) is 147 cm³/mol. The Morgan fingerprint density at radius 1 is 1.20 bits per heavy atom. The molecule has 3 aromatic heterocycles. The zero-order valence-electron chi connectivity index (χ0n) is 21.8. The Morgan fingerprint density at radius 2 is 2.00 bits per heavy atom. The Balaban J connectivity index is 1.26. The number of rotatable bonds is 6. The monoisotopic (exact) mass is 573 g/mol. The summed E-state index contributed by atoms with van der Waals surface area (Å²) in [5.74, 6) is -2.46. The minimum Gasteiger partial charge on any atom is -0.478 e. The van der Waals surface area contributed by atoms with Gasteiger partial charge in [0.05, 0.1) is 17.1 Å².